The highest BCUT2D eigenvalue weighted by atomic mass is 16.5. The summed E-state index contributed by atoms with van der Waals surface area (Å²) in [5, 5.41) is 0. The van der Waals surface area contributed by atoms with Crippen LogP contribution in [0.1, 0.15) is 12.8 Å². The molecule has 0 saturated heterocycles. The molecule has 0 aromatic rings. The van der Waals surface area contributed by atoms with Gasteiger partial charge in [0.25, 0.3) is 0 Å². The fourth-order valence-corrected chi connectivity index (χ4v) is 2.31. The van der Waals surface area contributed by atoms with Gasteiger partial charge in [0, 0.05) is 52.3 Å². The quantitative estimate of drug-likeness (QED) is 0.571. The number of likely N-dealkylation sites (N-methyl/N-ethyl adjacent to an activating group) is 2. The molecule has 0 saturated carbocycles. The van der Waals surface area contributed by atoms with Crippen LogP contribution in [0.2, 0.25) is 0 Å². The van der Waals surface area contributed by atoms with Gasteiger partial charge >= 0.3 is 0 Å². The van der Waals surface area contributed by atoms with E-state index in [1.54, 1.807) is 14.2 Å². The van der Waals surface area contributed by atoms with Gasteiger partial charge in [-0.3, -0.25) is 0 Å². The van der Waals surface area contributed by atoms with Gasteiger partial charge in [-0.15, -0.1) is 0 Å². The van der Waals surface area contributed by atoms with E-state index in [9.17, 15) is 0 Å². The molecule has 1 aliphatic rings. The second kappa shape index (κ2) is 9.82. The maximum Gasteiger partial charge on any atom is 0.118 e. The number of allylic oxidation sites excluding steroid dienone is 3. The Hall–Kier alpha value is -1.04. The third-order valence-corrected chi connectivity index (χ3v) is 3.65. The highest BCUT2D eigenvalue weighted by Gasteiger charge is 2.14. The minimum atomic E-state index is 0.615. The fourth-order valence-electron chi connectivity index (χ4n) is 2.31. The van der Waals surface area contributed by atoms with Crippen LogP contribution >= 0.6 is 0 Å². The molecule has 0 heterocycles. The lowest BCUT2D eigenvalue weighted by Gasteiger charge is -2.31. The van der Waals surface area contributed by atoms with E-state index < -0.39 is 0 Å². The predicted octanol–water partition coefficient (Wildman–Crippen LogP) is 1.59. The minimum Gasteiger partial charge on any atom is -0.383 e. The van der Waals surface area contributed by atoms with Crippen molar-refractivity contribution < 1.29 is 9.47 Å². The lowest BCUT2D eigenvalue weighted by molar-refractivity contribution is 0.0633. The van der Waals surface area contributed by atoms with Gasteiger partial charge in [0.15, 0.2) is 0 Å². The van der Waals surface area contributed by atoms with Crippen molar-refractivity contribution in [3.8, 4) is 0 Å². The second-order valence-corrected chi connectivity index (χ2v) is 5.70. The van der Waals surface area contributed by atoms with Crippen molar-refractivity contribution >= 4 is 0 Å². The molecule has 0 aliphatic heterocycles. The maximum atomic E-state index is 5.32. The van der Waals surface area contributed by atoms with Crippen LogP contribution in [0.4, 0.5) is 0 Å². The van der Waals surface area contributed by atoms with Crippen molar-refractivity contribution in [2.45, 2.75) is 12.8 Å². The summed E-state index contributed by atoms with van der Waals surface area (Å²) in [5.41, 5.74) is 2.64. The van der Waals surface area contributed by atoms with Crippen LogP contribution in [0.15, 0.2) is 23.5 Å². The Bertz CT molecular complexity index is 353. The SMILES string of the molecule is COCCN(COC)C1=CC(N(C)CCN(C)C)=CCC1. The summed E-state index contributed by atoms with van der Waals surface area (Å²) in [6, 6.07) is 0. The summed E-state index contributed by atoms with van der Waals surface area (Å²) in [7, 11) is 9.85. The van der Waals surface area contributed by atoms with E-state index in [-0.39, 0.29) is 0 Å². The van der Waals surface area contributed by atoms with Gasteiger partial charge in [0.05, 0.1) is 6.61 Å². The Labute approximate surface area is 129 Å². The van der Waals surface area contributed by atoms with Gasteiger partial charge in [0.2, 0.25) is 0 Å². The van der Waals surface area contributed by atoms with Crippen LogP contribution < -0.4 is 0 Å². The summed E-state index contributed by atoms with van der Waals surface area (Å²) in [4.78, 5) is 6.79. The molecule has 1 aliphatic carbocycles. The Morgan fingerprint density at radius 2 is 1.81 bits per heavy atom. The number of ether oxygens (including phenoxy) is 2. The predicted molar refractivity (Wildman–Crippen MR) is 87.0 cm³/mol. The first kappa shape index (κ1) is 18.0. The lowest BCUT2D eigenvalue weighted by atomic mass is 10.1. The van der Waals surface area contributed by atoms with Gasteiger partial charge in [-0.2, -0.15) is 0 Å². The number of hydrogen-bond acceptors (Lipinski definition) is 5. The van der Waals surface area contributed by atoms with Crippen LogP contribution in [-0.4, -0.2) is 83.0 Å². The van der Waals surface area contributed by atoms with Crippen LogP contribution in [-0.2, 0) is 9.47 Å². The largest absolute Gasteiger partial charge is 0.383 e. The molecule has 5 nitrogen and oxygen atoms in total. The number of methoxy groups -OCH3 is 2. The highest BCUT2D eigenvalue weighted by molar-refractivity contribution is 5.26. The van der Waals surface area contributed by atoms with E-state index in [4.69, 9.17) is 9.47 Å². The summed E-state index contributed by atoms with van der Waals surface area (Å²) in [6.45, 7) is 4.29. The Morgan fingerprint density at radius 1 is 1.05 bits per heavy atom. The molecule has 0 aromatic heterocycles. The molecule has 21 heavy (non-hydrogen) atoms. The van der Waals surface area contributed by atoms with E-state index in [0.29, 0.717) is 6.73 Å². The fraction of sp³-hybridized carbons (Fsp3) is 0.750. The zero-order chi connectivity index (χ0) is 15.7. The monoisotopic (exact) mass is 297 g/mol. The van der Waals surface area contributed by atoms with Crippen molar-refractivity contribution in [1.82, 2.24) is 14.7 Å². The molecule has 122 valence electrons. The summed E-state index contributed by atoms with van der Waals surface area (Å²) in [6.07, 6.45) is 6.76. The smallest absolute Gasteiger partial charge is 0.118 e. The zero-order valence-electron chi connectivity index (χ0n) is 14.3. The molecule has 0 unspecified atom stereocenters. The summed E-state index contributed by atoms with van der Waals surface area (Å²) >= 11 is 0. The van der Waals surface area contributed by atoms with E-state index >= 15 is 0 Å². The third kappa shape index (κ3) is 6.50. The standard InChI is InChI=1S/C16H31N3O2/c1-17(2)9-10-18(3)15-7-6-8-16(13-15)19(14-21-5)11-12-20-4/h7,13H,6,8-12,14H2,1-5H3. The molecule has 0 radical (unpaired) electrons. The van der Waals surface area contributed by atoms with Crippen LogP contribution in [0, 0.1) is 0 Å². The Morgan fingerprint density at radius 3 is 2.43 bits per heavy atom. The molecule has 0 bridgehead atoms. The molecule has 0 N–H and O–H groups in total. The zero-order valence-corrected chi connectivity index (χ0v) is 14.3. The molecule has 0 spiro atoms. The van der Waals surface area contributed by atoms with Crippen molar-refractivity contribution in [2.75, 3.05) is 68.3 Å². The van der Waals surface area contributed by atoms with Gasteiger partial charge < -0.3 is 24.2 Å². The molecular weight excluding hydrogens is 266 g/mol. The van der Waals surface area contributed by atoms with Crippen LogP contribution in [0.5, 0.6) is 0 Å². The van der Waals surface area contributed by atoms with Crippen molar-refractivity contribution in [3.05, 3.63) is 23.5 Å². The van der Waals surface area contributed by atoms with Gasteiger partial charge in [-0.25, -0.2) is 0 Å². The highest BCUT2D eigenvalue weighted by Crippen LogP contribution is 2.22. The normalized spacial score (nSPS) is 15.0. The number of hydrogen-bond donors (Lipinski definition) is 0. The number of rotatable bonds is 10. The van der Waals surface area contributed by atoms with Gasteiger partial charge in [-0.1, -0.05) is 6.08 Å². The molecule has 0 fully saturated rings. The lowest BCUT2D eigenvalue weighted by Crippen LogP contribution is -2.32. The Balaban J connectivity index is 2.66. The van der Waals surface area contributed by atoms with E-state index in [0.717, 1.165) is 39.1 Å². The molecular formula is C16H31N3O2. The van der Waals surface area contributed by atoms with Crippen LogP contribution in [0.3, 0.4) is 0 Å². The number of nitrogens with zero attached hydrogens (tertiary/aromatic N) is 3. The first-order valence-corrected chi connectivity index (χ1v) is 7.58. The maximum absolute atomic E-state index is 5.32. The molecule has 5 heteroatoms. The van der Waals surface area contributed by atoms with Crippen molar-refractivity contribution in [1.29, 1.82) is 0 Å². The van der Waals surface area contributed by atoms with E-state index in [2.05, 4.69) is 48.0 Å². The van der Waals surface area contributed by atoms with E-state index in [1.807, 2.05) is 0 Å². The Kier molecular flexibility index (Phi) is 8.42. The topological polar surface area (TPSA) is 28.2 Å². The molecule has 0 aromatic carbocycles. The average Bonchev–Trinajstić information content (AvgIpc) is 2.49. The van der Waals surface area contributed by atoms with Gasteiger partial charge in [-0.05, 0) is 33.0 Å². The molecule has 0 atom stereocenters. The minimum absolute atomic E-state index is 0.615. The molecule has 0 amide bonds. The van der Waals surface area contributed by atoms with Gasteiger partial charge in [0.1, 0.15) is 6.73 Å². The summed E-state index contributed by atoms with van der Waals surface area (Å²) < 4.78 is 10.5. The van der Waals surface area contributed by atoms with Crippen molar-refractivity contribution in [3.63, 3.8) is 0 Å². The van der Waals surface area contributed by atoms with E-state index in [1.165, 1.54) is 11.4 Å². The first-order valence-electron chi connectivity index (χ1n) is 7.58. The first-order chi connectivity index (χ1) is 10.1. The van der Waals surface area contributed by atoms with Crippen molar-refractivity contribution in [2.24, 2.45) is 0 Å². The summed E-state index contributed by atoms with van der Waals surface area (Å²) in [5.74, 6) is 0. The molecule has 1 rings (SSSR count). The second-order valence-electron chi connectivity index (χ2n) is 5.70. The third-order valence-electron chi connectivity index (χ3n) is 3.65. The average molecular weight is 297 g/mol. The van der Waals surface area contributed by atoms with Crippen LogP contribution in [0.25, 0.3) is 0 Å².